The minimum absolute atomic E-state index is 0.0266. The van der Waals surface area contributed by atoms with Gasteiger partial charge in [0.05, 0.1) is 13.2 Å². The van der Waals surface area contributed by atoms with E-state index in [0.29, 0.717) is 13.2 Å². The van der Waals surface area contributed by atoms with Gasteiger partial charge in [0.25, 0.3) is 0 Å². The molecule has 0 aliphatic rings. The predicted molar refractivity (Wildman–Crippen MR) is 80.8 cm³/mol. The average Bonchev–Trinajstić information content (AvgIpc) is 2.40. The number of anilines is 1. The number of amides is 3. The fourth-order valence-corrected chi connectivity index (χ4v) is 1.67. The molecule has 0 spiro atoms. The van der Waals surface area contributed by atoms with Crippen LogP contribution in [0.25, 0.3) is 0 Å². The summed E-state index contributed by atoms with van der Waals surface area (Å²) in [6, 6.07) is 5.13. The van der Waals surface area contributed by atoms with Crippen molar-refractivity contribution < 1.29 is 14.3 Å². The zero-order chi connectivity index (χ0) is 15.0. The number of aryl methyl sites for hydroxylation is 1. The summed E-state index contributed by atoms with van der Waals surface area (Å²) >= 11 is 3.40. The molecule has 0 aromatic heterocycles. The van der Waals surface area contributed by atoms with Crippen LogP contribution in [0.15, 0.2) is 22.7 Å². The molecule has 0 radical (unpaired) electrons. The van der Waals surface area contributed by atoms with Crippen LogP contribution in [0.2, 0.25) is 0 Å². The monoisotopic (exact) mass is 343 g/mol. The van der Waals surface area contributed by atoms with Crippen molar-refractivity contribution in [2.45, 2.75) is 6.92 Å². The smallest absolute Gasteiger partial charge is 0.321 e. The van der Waals surface area contributed by atoms with E-state index >= 15 is 0 Å². The molecule has 0 saturated carbocycles. The molecule has 0 bridgehead atoms. The summed E-state index contributed by atoms with van der Waals surface area (Å²) in [6.45, 7) is 2.74. The van der Waals surface area contributed by atoms with Gasteiger partial charge in [-0.1, -0.05) is 15.9 Å². The number of hydrogen-bond donors (Lipinski definition) is 3. The number of nitrogens with one attached hydrogen (secondary N) is 3. The van der Waals surface area contributed by atoms with Crippen molar-refractivity contribution in [1.29, 1.82) is 0 Å². The topological polar surface area (TPSA) is 79.5 Å². The van der Waals surface area contributed by atoms with Gasteiger partial charge in [0, 0.05) is 23.8 Å². The SMILES string of the molecule is COCCNC(=O)NC(=O)CNc1ccc(Br)c(C)c1. The van der Waals surface area contributed by atoms with Gasteiger partial charge in [-0.05, 0) is 30.7 Å². The number of halogens is 1. The van der Waals surface area contributed by atoms with Crippen LogP contribution in [0.1, 0.15) is 5.56 Å². The number of benzene rings is 1. The number of carbonyl (C=O) groups is 2. The van der Waals surface area contributed by atoms with Gasteiger partial charge in [-0.15, -0.1) is 0 Å². The molecule has 3 N–H and O–H groups in total. The zero-order valence-electron chi connectivity index (χ0n) is 11.5. The Morgan fingerprint density at radius 3 is 2.75 bits per heavy atom. The van der Waals surface area contributed by atoms with Gasteiger partial charge in [-0.2, -0.15) is 0 Å². The molecule has 0 aliphatic carbocycles. The van der Waals surface area contributed by atoms with E-state index in [-0.39, 0.29) is 6.54 Å². The van der Waals surface area contributed by atoms with Crippen LogP contribution in [-0.2, 0) is 9.53 Å². The summed E-state index contributed by atoms with van der Waals surface area (Å²) in [5.41, 5.74) is 1.88. The third kappa shape index (κ3) is 6.03. The van der Waals surface area contributed by atoms with E-state index < -0.39 is 11.9 Å². The molecular weight excluding hydrogens is 326 g/mol. The first-order valence-electron chi connectivity index (χ1n) is 6.09. The molecule has 0 unspecified atom stereocenters. The largest absolute Gasteiger partial charge is 0.383 e. The van der Waals surface area contributed by atoms with Gasteiger partial charge in [0.15, 0.2) is 0 Å². The normalized spacial score (nSPS) is 9.95. The summed E-state index contributed by atoms with van der Waals surface area (Å²) in [5, 5.41) is 7.67. The third-order valence-corrected chi connectivity index (χ3v) is 3.35. The molecule has 0 heterocycles. The number of methoxy groups -OCH3 is 1. The first kappa shape index (κ1) is 16.5. The Morgan fingerprint density at radius 1 is 1.35 bits per heavy atom. The van der Waals surface area contributed by atoms with E-state index in [1.165, 1.54) is 7.11 Å². The summed E-state index contributed by atoms with van der Waals surface area (Å²) in [6.07, 6.45) is 0. The molecule has 1 rings (SSSR count). The average molecular weight is 344 g/mol. The van der Waals surface area contributed by atoms with Crippen molar-refractivity contribution in [1.82, 2.24) is 10.6 Å². The van der Waals surface area contributed by atoms with Crippen molar-refractivity contribution in [2.75, 3.05) is 32.1 Å². The summed E-state index contributed by atoms with van der Waals surface area (Å²) in [5.74, 6) is -0.402. The molecule has 0 fully saturated rings. The molecule has 1 aromatic carbocycles. The second-order valence-electron chi connectivity index (χ2n) is 4.11. The standard InChI is InChI=1S/C13H18BrN3O3/c1-9-7-10(3-4-11(9)14)16-8-12(18)17-13(19)15-5-6-20-2/h3-4,7,16H,5-6,8H2,1-2H3,(H2,15,17,18,19). The van der Waals surface area contributed by atoms with Crippen molar-refractivity contribution >= 4 is 33.6 Å². The number of hydrogen-bond acceptors (Lipinski definition) is 4. The summed E-state index contributed by atoms with van der Waals surface area (Å²) in [4.78, 5) is 22.8. The van der Waals surface area contributed by atoms with Crippen LogP contribution in [-0.4, -0.2) is 38.7 Å². The van der Waals surface area contributed by atoms with Gasteiger partial charge in [-0.3, -0.25) is 10.1 Å². The van der Waals surface area contributed by atoms with Crippen LogP contribution in [0.5, 0.6) is 0 Å². The lowest BCUT2D eigenvalue weighted by Crippen LogP contribution is -2.42. The maximum absolute atomic E-state index is 11.5. The lowest BCUT2D eigenvalue weighted by atomic mass is 10.2. The van der Waals surface area contributed by atoms with Gasteiger partial charge >= 0.3 is 6.03 Å². The Hall–Kier alpha value is -1.60. The predicted octanol–water partition coefficient (Wildman–Crippen LogP) is 1.64. The number of carbonyl (C=O) groups excluding carboxylic acids is 2. The molecule has 0 aliphatic heterocycles. The number of rotatable bonds is 6. The van der Waals surface area contributed by atoms with Gasteiger partial charge in [0.1, 0.15) is 0 Å². The van der Waals surface area contributed by atoms with E-state index in [9.17, 15) is 9.59 Å². The summed E-state index contributed by atoms with van der Waals surface area (Å²) in [7, 11) is 1.54. The van der Waals surface area contributed by atoms with Crippen molar-refractivity contribution in [2.24, 2.45) is 0 Å². The molecular formula is C13H18BrN3O3. The summed E-state index contributed by atoms with van der Waals surface area (Å²) < 4.78 is 5.78. The van der Waals surface area contributed by atoms with E-state index in [4.69, 9.17) is 4.74 Å². The van der Waals surface area contributed by atoms with Gasteiger partial charge in [-0.25, -0.2) is 4.79 Å². The highest BCUT2D eigenvalue weighted by atomic mass is 79.9. The van der Waals surface area contributed by atoms with Crippen LogP contribution in [0, 0.1) is 6.92 Å². The van der Waals surface area contributed by atoms with Gasteiger partial charge < -0.3 is 15.4 Å². The molecule has 1 aromatic rings. The van der Waals surface area contributed by atoms with Crippen LogP contribution in [0.4, 0.5) is 10.5 Å². The number of urea groups is 1. The van der Waals surface area contributed by atoms with Crippen LogP contribution >= 0.6 is 15.9 Å². The lowest BCUT2D eigenvalue weighted by molar-refractivity contribution is -0.118. The van der Waals surface area contributed by atoms with Crippen LogP contribution < -0.4 is 16.0 Å². The van der Waals surface area contributed by atoms with Gasteiger partial charge in [0.2, 0.25) is 5.91 Å². The molecule has 20 heavy (non-hydrogen) atoms. The second kappa shape index (κ2) is 8.55. The quantitative estimate of drug-likeness (QED) is 0.686. The van der Waals surface area contributed by atoms with E-state index in [1.54, 1.807) is 0 Å². The van der Waals surface area contributed by atoms with E-state index in [2.05, 4.69) is 31.9 Å². The third-order valence-electron chi connectivity index (χ3n) is 2.46. The molecule has 6 nitrogen and oxygen atoms in total. The highest BCUT2D eigenvalue weighted by molar-refractivity contribution is 9.10. The fraction of sp³-hybridized carbons (Fsp3) is 0.385. The highest BCUT2D eigenvalue weighted by Gasteiger charge is 2.06. The molecule has 110 valence electrons. The Kier molecular flexibility index (Phi) is 7.03. The molecule has 0 atom stereocenters. The Balaban J connectivity index is 2.32. The Labute approximate surface area is 126 Å². The van der Waals surface area contributed by atoms with Crippen molar-refractivity contribution in [3.05, 3.63) is 28.2 Å². The first-order chi connectivity index (χ1) is 9.52. The van der Waals surface area contributed by atoms with Crippen molar-refractivity contribution in [3.8, 4) is 0 Å². The van der Waals surface area contributed by atoms with E-state index in [1.807, 2.05) is 25.1 Å². The maximum atomic E-state index is 11.5. The molecule has 3 amide bonds. The Bertz CT molecular complexity index is 480. The fourth-order valence-electron chi connectivity index (χ4n) is 1.42. The molecule has 0 saturated heterocycles. The first-order valence-corrected chi connectivity index (χ1v) is 6.89. The zero-order valence-corrected chi connectivity index (χ0v) is 13.0. The highest BCUT2D eigenvalue weighted by Crippen LogP contribution is 2.19. The van der Waals surface area contributed by atoms with Crippen LogP contribution in [0.3, 0.4) is 0 Å². The maximum Gasteiger partial charge on any atom is 0.321 e. The minimum Gasteiger partial charge on any atom is -0.383 e. The minimum atomic E-state index is -0.527. The van der Waals surface area contributed by atoms with Crippen molar-refractivity contribution in [3.63, 3.8) is 0 Å². The second-order valence-corrected chi connectivity index (χ2v) is 4.97. The van der Waals surface area contributed by atoms with E-state index in [0.717, 1.165) is 15.7 Å². The Morgan fingerprint density at radius 2 is 2.10 bits per heavy atom. The lowest BCUT2D eigenvalue weighted by Gasteiger charge is -2.09. The number of imide groups is 1. The molecule has 7 heteroatoms. The number of ether oxygens (including phenoxy) is 1.